The van der Waals surface area contributed by atoms with Crippen molar-refractivity contribution >= 4 is 10.9 Å². The van der Waals surface area contributed by atoms with Crippen molar-refractivity contribution in [3.8, 4) is 11.8 Å². The molecule has 0 atom stereocenters. The largest absolute Gasteiger partial charge is 0.419 e. The molecule has 1 heterocycles. The van der Waals surface area contributed by atoms with E-state index in [0.29, 0.717) is 11.1 Å². The van der Waals surface area contributed by atoms with Crippen LogP contribution in [0.1, 0.15) is 5.56 Å². The van der Waals surface area contributed by atoms with Gasteiger partial charge >= 0.3 is 11.4 Å². The molecule has 0 bridgehead atoms. The van der Waals surface area contributed by atoms with Crippen LogP contribution in [0.25, 0.3) is 10.9 Å². The fourth-order valence-corrected chi connectivity index (χ4v) is 1.32. The SMILES string of the molecule is O=c1[nH]c2ccc(C#CCO)cc2c(=O)o1. The van der Waals surface area contributed by atoms with Crippen molar-refractivity contribution < 1.29 is 9.52 Å². The molecule has 0 aliphatic rings. The third kappa shape index (κ3) is 1.87. The number of rotatable bonds is 0. The second-order valence-corrected chi connectivity index (χ2v) is 3.02. The fraction of sp³-hybridized carbons (Fsp3) is 0.0909. The van der Waals surface area contributed by atoms with E-state index in [1.807, 2.05) is 0 Å². The van der Waals surface area contributed by atoms with E-state index in [1.165, 1.54) is 6.07 Å². The van der Waals surface area contributed by atoms with E-state index in [-0.39, 0.29) is 12.0 Å². The van der Waals surface area contributed by atoms with Crippen LogP contribution in [-0.4, -0.2) is 16.7 Å². The van der Waals surface area contributed by atoms with Crippen molar-refractivity contribution in [3.05, 3.63) is 44.7 Å². The zero-order valence-electron chi connectivity index (χ0n) is 8.11. The maximum atomic E-state index is 11.3. The smallest absolute Gasteiger partial charge is 0.384 e. The lowest BCUT2D eigenvalue weighted by atomic mass is 10.1. The van der Waals surface area contributed by atoms with E-state index >= 15 is 0 Å². The summed E-state index contributed by atoms with van der Waals surface area (Å²) in [6.07, 6.45) is 0. The number of benzene rings is 1. The lowest BCUT2D eigenvalue weighted by Gasteiger charge is -1.95. The molecule has 2 N–H and O–H groups in total. The van der Waals surface area contributed by atoms with Crippen LogP contribution in [-0.2, 0) is 0 Å². The van der Waals surface area contributed by atoms with Crippen LogP contribution in [0, 0.1) is 11.8 Å². The molecule has 0 aliphatic heterocycles. The lowest BCUT2D eigenvalue weighted by molar-refractivity contribution is 0.350. The van der Waals surface area contributed by atoms with Gasteiger partial charge in [-0.3, -0.25) is 4.98 Å². The van der Waals surface area contributed by atoms with Gasteiger partial charge in [-0.15, -0.1) is 0 Å². The molecule has 2 rings (SSSR count). The normalized spacial score (nSPS) is 9.81. The monoisotopic (exact) mass is 217 g/mol. The van der Waals surface area contributed by atoms with Crippen LogP contribution < -0.4 is 11.4 Å². The van der Waals surface area contributed by atoms with Crippen molar-refractivity contribution in [1.82, 2.24) is 4.98 Å². The molecule has 1 aromatic carbocycles. The number of hydrogen-bond donors (Lipinski definition) is 2. The van der Waals surface area contributed by atoms with Crippen LogP contribution in [0.3, 0.4) is 0 Å². The summed E-state index contributed by atoms with van der Waals surface area (Å²) in [6, 6.07) is 4.70. The first-order valence-corrected chi connectivity index (χ1v) is 4.47. The molecule has 16 heavy (non-hydrogen) atoms. The predicted octanol–water partition coefficient (Wildman–Crippen LogP) is -0.175. The number of H-pyrrole nitrogens is 1. The first-order valence-electron chi connectivity index (χ1n) is 4.47. The minimum absolute atomic E-state index is 0.252. The van der Waals surface area contributed by atoms with Gasteiger partial charge in [-0.2, -0.15) is 0 Å². The Morgan fingerprint density at radius 1 is 1.38 bits per heavy atom. The second-order valence-electron chi connectivity index (χ2n) is 3.02. The Morgan fingerprint density at radius 2 is 2.19 bits per heavy atom. The molecular weight excluding hydrogens is 210 g/mol. The topological polar surface area (TPSA) is 83.3 Å². The van der Waals surface area contributed by atoms with E-state index in [4.69, 9.17) is 5.11 Å². The standard InChI is InChI=1S/C11H7NO4/c13-5-1-2-7-3-4-9-8(6-7)10(14)16-11(15)12-9/h3-4,6,13H,5H2,(H,12,15). The number of fused-ring (bicyclic) bond motifs is 1. The van der Waals surface area contributed by atoms with Gasteiger partial charge in [0.15, 0.2) is 0 Å². The molecule has 0 fully saturated rings. The van der Waals surface area contributed by atoms with E-state index < -0.39 is 11.4 Å². The van der Waals surface area contributed by atoms with E-state index in [0.717, 1.165) is 0 Å². The van der Waals surface area contributed by atoms with Gasteiger partial charge < -0.3 is 9.52 Å². The molecule has 0 aliphatic carbocycles. The molecule has 0 spiro atoms. The number of aromatic nitrogens is 1. The van der Waals surface area contributed by atoms with Crippen LogP contribution in [0.15, 0.2) is 32.2 Å². The van der Waals surface area contributed by atoms with Crippen molar-refractivity contribution in [2.75, 3.05) is 6.61 Å². The van der Waals surface area contributed by atoms with Crippen molar-refractivity contribution in [3.63, 3.8) is 0 Å². The Bertz CT molecular complexity index is 699. The zero-order chi connectivity index (χ0) is 11.5. The molecule has 0 saturated carbocycles. The Kier molecular flexibility index (Phi) is 2.58. The fourth-order valence-electron chi connectivity index (χ4n) is 1.32. The van der Waals surface area contributed by atoms with Crippen LogP contribution in [0.5, 0.6) is 0 Å². The van der Waals surface area contributed by atoms with E-state index in [2.05, 4.69) is 21.2 Å². The summed E-state index contributed by atoms with van der Waals surface area (Å²) in [7, 11) is 0. The van der Waals surface area contributed by atoms with Gasteiger partial charge in [0.1, 0.15) is 6.61 Å². The van der Waals surface area contributed by atoms with Gasteiger partial charge in [-0.25, -0.2) is 9.59 Å². The van der Waals surface area contributed by atoms with Crippen LogP contribution in [0.4, 0.5) is 0 Å². The van der Waals surface area contributed by atoms with Crippen LogP contribution >= 0.6 is 0 Å². The second kappa shape index (κ2) is 4.04. The number of aliphatic hydroxyl groups is 1. The third-order valence-corrected chi connectivity index (χ3v) is 1.97. The molecule has 0 amide bonds. The summed E-state index contributed by atoms with van der Waals surface area (Å²) >= 11 is 0. The molecule has 2 aromatic rings. The summed E-state index contributed by atoms with van der Waals surface area (Å²) < 4.78 is 4.39. The first kappa shape index (κ1) is 10.2. The summed E-state index contributed by atoms with van der Waals surface area (Å²) in [6.45, 7) is -0.252. The van der Waals surface area contributed by atoms with Gasteiger partial charge in [0, 0.05) is 5.56 Å². The molecule has 0 saturated heterocycles. The van der Waals surface area contributed by atoms with Gasteiger partial charge in [-0.1, -0.05) is 11.8 Å². The number of nitrogens with one attached hydrogen (secondary N) is 1. The lowest BCUT2D eigenvalue weighted by Crippen LogP contribution is -2.14. The van der Waals surface area contributed by atoms with Crippen LogP contribution in [0.2, 0.25) is 0 Å². The molecule has 0 unspecified atom stereocenters. The third-order valence-electron chi connectivity index (χ3n) is 1.97. The van der Waals surface area contributed by atoms with Gasteiger partial charge in [-0.05, 0) is 18.2 Å². The first-order chi connectivity index (χ1) is 7.70. The molecule has 5 heteroatoms. The minimum atomic E-state index is -0.785. The zero-order valence-corrected chi connectivity index (χ0v) is 8.11. The maximum absolute atomic E-state index is 11.3. The minimum Gasteiger partial charge on any atom is -0.384 e. The Labute approximate surface area is 89.3 Å². The van der Waals surface area contributed by atoms with Crippen molar-refractivity contribution in [1.29, 1.82) is 0 Å². The highest BCUT2D eigenvalue weighted by Crippen LogP contribution is 2.07. The van der Waals surface area contributed by atoms with Gasteiger partial charge in [0.2, 0.25) is 0 Å². The van der Waals surface area contributed by atoms with Gasteiger partial charge in [0.25, 0.3) is 0 Å². The summed E-state index contributed by atoms with van der Waals surface area (Å²) in [4.78, 5) is 24.6. The molecular formula is C11H7NO4. The molecule has 5 nitrogen and oxygen atoms in total. The highest BCUT2D eigenvalue weighted by molar-refractivity contribution is 5.78. The Balaban J connectivity index is 2.71. The maximum Gasteiger partial charge on any atom is 0.419 e. The number of hydrogen-bond acceptors (Lipinski definition) is 4. The average Bonchev–Trinajstić information content (AvgIpc) is 2.26. The van der Waals surface area contributed by atoms with Crippen molar-refractivity contribution in [2.45, 2.75) is 0 Å². The Hall–Kier alpha value is -2.32. The summed E-state index contributed by atoms with van der Waals surface area (Å²) in [5.41, 5.74) is 0.267. The highest BCUT2D eigenvalue weighted by Gasteiger charge is 2.02. The summed E-state index contributed by atoms with van der Waals surface area (Å²) in [5, 5.41) is 8.78. The number of aromatic amines is 1. The van der Waals surface area contributed by atoms with Crippen molar-refractivity contribution in [2.24, 2.45) is 0 Å². The summed E-state index contributed by atoms with van der Waals surface area (Å²) in [5.74, 6) is 4.33. The van der Waals surface area contributed by atoms with E-state index in [1.54, 1.807) is 12.1 Å². The quantitative estimate of drug-likeness (QED) is 0.600. The molecule has 1 aromatic heterocycles. The Morgan fingerprint density at radius 3 is 2.94 bits per heavy atom. The van der Waals surface area contributed by atoms with Gasteiger partial charge in [0.05, 0.1) is 10.9 Å². The highest BCUT2D eigenvalue weighted by atomic mass is 16.4. The molecule has 0 radical (unpaired) electrons. The molecule has 80 valence electrons. The average molecular weight is 217 g/mol. The predicted molar refractivity (Wildman–Crippen MR) is 57.1 cm³/mol. The number of aliphatic hydroxyl groups excluding tert-OH is 1. The van der Waals surface area contributed by atoms with E-state index in [9.17, 15) is 9.59 Å².